The van der Waals surface area contributed by atoms with Crippen LogP contribution < -0.4 is 16.0 Å². The van der Waals surface area contributed by atoms with E-state index in [-0.39, 0.29) is 47.6 Å². The third-order valence-electron chi connectivity index (χ3n) is 9.75. The number of fused-ring (bicyclic) bond motifs is 3. The molecule has 7 N–H and O–H groups in total. The Labute approximate surface area is 257 Å². The number of carbonyl (C=O) groups is 3. The molecular formula is C34H43N3O7. The lowest BCUT2D eigenvalue weighted by Gasteiger charge is -2.50. The second kappa shape index (κ2) is 10.5. The molecule has 0 heterocycles. The zero-order valence-electron chi connectivity index (χ0n) is 26.4. The van der Waals surface area contributed by atoms with Gasteiger partial charge in [-0.1, -0.05) is 40.7 Å². The average molecular weight is 606 g/mol. The minimum atomic E-state index is -2.63. The van der Waals surface area contributed by atoms with Crippen molar-refractivity contribution in [2.75, 3.05) is 19.0 Å². The summed E-state index contributed by atoms with van der Waals surface area (Å²) in [6, 6.07) is 1.86. The first-order valence-electron chi connectivity index (χ1n) is 15.1. The van der Waals surface area contributed by atoms with Gasteiger partial charge < -0.3 is 36.4 Å². The zero-order valence-corrected chi connectivity index (χ0v) is 26.4. The summed E-state index contributed by atoms with van der Waals surface area (Å²) in [6.45, 7) is 10.2. The normalized spacial score (nSPS) is 26.7. The maximum atomic E-state index is 14.2. The number of amides is 1. The number of allylic oxidation sites excluding steroid dienone is 3. The predicted molar refractivity (Wildman–Crippen MR) is 167 cm³/mol. The van der Waals surface area contributed by atoms with Crippen molar-refractivity contribution >= 4 is 28.9 Å². The van der Waals surface area contributed by atoms with Crippen molar-refractivity contribution in [1.29, 1.82) is 0 Å². The van der Waals surface area contributed by atoms with Crippen LogP contribution in [-0.2, 0) is 27.3 Å². The molecular weight excluding hydrogens is 562 g/mol. The van der Waals surface area contributed by atoms with Crippen LogP contribution in [0, 0.1) is 29.1 Å². The third-order valence-corrected chi connectivity index (χ3v) is 9.75. The van der Waals surface area contributed by atoms with Gasteiger partial charge in [-0.25, -0.2) is 0 Å². The van der Waals surface area contributed by atoms with Crippen molar-refractivity contribution in [3.8, 4) is 5.75 Å². The molecule has 0 saturated heterocycles. The molecule has 44 heavy (non-hydrogen) atoms. The minimum Gasteiger partial charge on any atom is -0.508 e. The number of Topliss-reactive ketones (excluding diaryl/α,β-unsaturated/α-hetero) is 2. The number of phenols is 1. The summed E-state index contributed by atoms with van der Waals surface area (Å²) in [5.74, 6) is -7.68. The molecule has 1 saturated carbocycles. The molecule has 0 radical (unpaired) electrons. The van der Waals surface area contributed by atoms with Crippen LogP contribution in [0.15, 0.2) is 46.4 Å². The smallest absolute Gasteiger partial charge is 0.255 e. The Morgan fingerprint density at radius 1 is 1.18 bits per heavy atom. The first-order chi connectivity index (χ1) is 20.4. The highest BCUT2D eigenvalue weighted by Gasteiger charge is 2.64. The van der Waals surface area contributed by atoms with Crippen molar-refractivity contribution in [2.45, 2.75) is 66.0 Å². The number of rotatable bonds is 6. The molecule has 1 amide bonds. The Morgan fingerprint density at radius 2 is 1.84 bits per heavy atom. The van der Waals surface area contributed by atoms with E-state index in [1.165, 1.54) is 5.57 Å². The Bertz CT molecular complexity index is 1600. The Kier molecular flexibility index (Phi) is 7.52. The van der Waals surface area contributed by atoms with Crippen LogP contribution in [0.4, 0.5) is 5.69 Å². The Hall–Kier alpha value is -4.05. The molecule has 0 aliphatic heterocycles. The number of hydrogen-bond donors (Lipinski definition) is 6. The highest BCUT2D eigenvalue weighted by Crippen LogP contribution is 2.55. The quantitative estimate of drug-likeness (QED) is 0.264. The van der Waals surface area contributed by atoms with E-state index in [2.05, 4.69) is 38.2 Å². The molecule has 236 valence electrons. The van der Waals surface area contributed by atoms with Crippen LogP contribution in [0.2, 0.25) is 0 Å². The van der Waals surface area contributed by atoms with Gasteiger partial charge in [-0.3, -0.25) is 14.4 Å². The lowest BCUT2D eigenvalue weighted by molar-refractivity contribution is -0.155. The molecule has 5 rings (SSSR count). The van der Waals surface area contributed by atoms with Gasteiger partial charge in [-0.05, 0) is 53.4 Å². The second-order valence-corrected chi connectivity index (χ2v) is 14.1. The molecule has 0 bridgehead atoms. The van der Waals surface area contributed by atoms with E-state index in [1.807, 2.05) is 25.1 Å². The van der Waals surface area contributed by atoms with E-state index in [9.17, 15) is 34.8 Å². The molecule has 0 unspecified atom stereocenters. The van der Waals surface area contributed by atoms with Gasteiger partial charge in [0.05, 0.1) is 5.56 Å². The first kappa shape index (κ1) is 31.4. The van der Waals surface area contributed by atoms with Gasteiger partial charge in [-0.2, -0.15) is 0 Å². The van der Waals surface area contributed by atoms with Crippen LogP contribution in [-0.4, -0.2) is 57.6 Å². The number of aliphatic hydroxyl groups excluding tert-OH is 2. The van der Waals surface area contributed by atoms with Gasteiger partial charge in [0.2, 0.25) is 5.78 Å². The zero-order chi connectivity index (χ0) is 32.6. The monoisotopic (exact) mass is 605 g/mol. The van der Waals surface area contributed by atoms with Gasteiger partial charge in [0, 0.05) is 61.4 Å². The molecule has 10 nitrogen and oxygen atoms in total. The highest BCUT2D eigenvalue weighted by molar-refractivity contribution is 6.23. The number of primary amides is 1. The maximum Gasteiger partial charge on any atom is 0.255 e. The molecule has 1 aromatic carbocycles. The summed E-state index contributed by atoms with van der Waals surface area (Å²) in [6.07, 6.45) is 5.33. The Morgan fingerprint density at radius 3 is 2.39 bits per heavy atom. The topological polar surface area (TPSA) is 173 Å². The number of aliphatic hydroxyl groups is 3. The molecule has 0 spiro atoms. The molecule has 4 atom stereocenters. The van der Waals surface area contributed by atoms with Crippen molar-refractivity contribution in [3.05, 3.63) is 63.1 Å². The number of nitrogens with two attached hydrogens (primary N) is 1. The van der Waals surface area contributed by atoms with Crippen molar-refractivity contribution in [2.24, 2.45) is 34.8 Å². The summed E-state index contributed by atoms with van der Waals surface area (Å²) in [5, 5.41) is 49.6. The summed E-state index contributed by atoms with van der Waals surface area (Å²) in [7, 11) is 3.71. The van der Waals surface area contributed by atoms with Crippen molar-refractivity contribution in [3.63, 3.8) is 0 Å². The minimum absolute atomic E-state index is 0.00222. The lowest BCUT2D eigenvalue weighted by atomic mass is 9.54. The van der Waals surface area contributed by atoms with E-state index in [1.54, 1.807) is 13.8 Å². The van der Waals surface area contributed by atoms with Gasteiger partial charge in [0.15, 0.2) is 11.4 Å². The number of ketones is 2. The van der Waals surface area contributed by atoms with Crippen LogP contribution in [0.25, 0.3) is 5.76 Å². The van der Waals surface area contributed by atoms with E-state index in [0.29, 0.717) is 11.1 Å². The number of phenolic OH excluding ortho intramolecular Hbond substituents is 1. The van der Waals surface area contributed by atoms with Crippen LogP contribution >= 0.6 is 0 Å². The average Bonchev–Trinajstić information content (AvgIpc) is 3.39. The van der Waals surface area contributed by atoms with Gasteiger partial charge in [-0.15, -0.1) is 0 Å². The molecule has 0 aromatic heterocycles. The number of carbonyl (C=O) groups excluding carboxylic acids is 3. The van der Waals surface area contributed by atoms with E-state index in [0.717, 1.165) is 17.8 Å². The standard InChI is InChI=1S/C34H43N3O7/c1-15(2)23-21-11-16-10-20-22(37(6)7)12-17(14-36-19-9-8-18(13-19)33(3,4)5)27(38)25(20)29(40)24(16)30(41)34(21,44)31(42)26(28(23)39)32(35)43/h8,12-13,15-16,21,23,36,38,40,42,44H,9-11,14H2,1-7H3,(H2,35,43)/t16-,21-,23-,34-/m0/s1. The first-order valence-corrected chi connectivity index (χ1v) is 15.1. The SMILES string of the molecule is CC(C)[C@@H]1C(=O)C(C(N)=O)=C(O)[C@@]2(O)C(=O)C3=C(O)c4c(O)c(CNC5=CC(C(C)(C)C)=CC5)cc(N(C)C)c4C[C@H]3C[C@@H]12. The fourth-order valence-corrected chi connectivity index (χ4v) is 7.50. The van der Waals surface area contributed by atoms with Crippen LogP contribution in [0.3, 0.4) is 0 Å². The second-order valence-electron chi connectivity index (χ2n) is 14.1. The number of anilines is 1. The molecule has 10 heteroatoms. The van der Waals surface area contributed by atoms with Gasteiger partial charge >= 0.3 is 0 Å². The molecule has 1 aromatic rings. The predicted octanol–water partition coefficient (Wildman–Crippen LogP) is 3.72. The molecule has 4 aliphatic carbocycles. The fourth-order valence-electron chi connectivity index (χ4n) is 7.50. The summed E-state index contributed by atoms with van der Waals surface area (Å²) in [5.41, 5.74) is 6.06. The van der Waals surface area contributed by atoms with Gasteiger partial charge in [0.1, 0.15) is 22.8 Å². The number of nitrogens with one attached hydrogen (secondary N) is 1. The highest BCUT2D eigenvalue weighted by atomic mass is 16.3. The fraction of sp³-hybridized carbons (Fsp3) is 0.500. The van der Waals surface area contributed by atoms with E-state index >= 15 is 0 Å². The summed E-state index contributed by atoms with van der Waals surface area (Å²) >= 11 is 0. The lowest BCUT2D eigenvalue weighted by Crippen LogP contribution is -2.62. The third kappa shape index (κ3) is 4.62. The van der Waals surface area contributed by atoms with E-state index < -0.39 is 57.9 Å². The van der Waals surface area contributed by atoms with Crippen LogP contribution in [0.5, 0.6) is 5.75 Å². The summed E-state index contributed by atoms with van der Waals surface area (Å²) < 4.78 is 0. The van der Waals surface area contributed by atoms with Crippen molar-refractivity contribution in [1.82, 2.24) is 5.32 Å². The molecule has 1 fully saturated rings. The maximum absolute atomic E-state index is 14.2. The molecule has 4 aliphatic rings. The Balaban J connectivity index is 1.61. The number of aromatic hydroxyl groups is 1. The number of hydrogen-bond acceptors (Lipinski definition) is 9. The number of benzene rings is 1. The summed E-state index contributed by atoms with van der Waals surface area (Å²) in [4.78, 5) is 41.6. The number of nitrogens with zero attached hydrogens (tertiary/aromatic N) is 1. The van der Waals surface area contributed by atoms with Crippen molar-refractivity contribution < 1.29 is 34.8 Å². The van der Waals surface area contributed by atoms with E-state index in [4.69, 9.17) is 5.73 Å². The largest absolute Gasteiger partial charge is 0.508 e. The van der Waals surface area contributed by atoms with Gasteiger partial charge in [0.25, 0.3) is 5.91 Å². The van der Waals surface area contributed by atoms with Crippen LogP contribution in [0.1, 0.15) is 64.2 Å².